The molecule has 1 N–H and O–H groups in total. The number of nitrogens with zero attached hydrogens (tertiary/aromatic N) is 3. The zero-order chi connectivity index (χ0) is 25.1. The van der Waals surface area contributed by atoms with E-state index in [0.717, 1.165) is 16.6 Å². The Morgan fingerprint density at radius 2 is 1.78 bits per heavy atom. The van der Waals surface area contributed by atoms with E-state index in [1.807, 2.05) is 61.6 Å². The first kappa shape index (κ1) is 23.4. The summed E-state index contributed by atoms with van der Waals surface area (Å²) >= 11 is 0. The van der Waals surface area contributed by atoms with Crippen molar-refractivity contribution in [3.63, 3.8) is 0 Å². The summed E-state index contributed by atoms with van der Waals surface area (Å²) < 4.78 is 12.6. The van der Waals surface area contributed by atoms with Gasteiger partial charge < -0.3 is 24.3 Å². The Balaban J connectivity index is 1.29. The van der Waals surface area contributed by atoms with E-state index in [1.165, 1.54) is 0 Å². The van der Waals surface area contributed by atoms with Crippen molar-refractivity contribution in [1.82, 2.24) is 19.8 Å². The van der Waals surface area contributed by atoms with Crippen molar-refractivity contribution in [3.8, 4) is 11.5 Å². The number of hydrogen-bond donors (Lipinski definition) is 1. The Labute approximate surface area is 209 Å². The molecule has 1 aliphatic heterocycles. The number of carbonyl (C=O) groups excluding carboxylic acids is 2. The van der Waals surface area contributed by atoms with Gasteiger partial charge in [-0.1, -0.05) is 42.5 Å². The summed E-state index contributed by atoms with van der Waals surface area (Å²) in [7, 11) is 3.63. The molecule has 8 heteroatoms. The SMILES string of the molecule is CN(C(=O)c1ccc2c(c1)OCO2)C(CCNC(=O)c1nc2ccccc2n1C)Cc1ccccc1. The number of rotatable bonds is 8. The van der Waals surface area contributed by atoms with Gasteiger partial charge in [-0.05, 0) is 48.7 Å². The molecule has 0 aliphatic carbocycles. The van der Waals surface area contributed by atoms with E-state index in [9.17, 15) is 9.59 Å². The number of benzene rings is 3. The van der Waals surface area contributed by atoms with Gasteiger partial charge in [0.05, 0.1) is 11.0 Å². The number of para-hydroxylation sites is 2. The predicted octanol–water partition coefficient (Wildman–Crippen LogP) is 3.81. The first-order valence-electron chi connectivity index (χ1n) is 11.9. The molecule has 0 saturated heterocycles. The molecule has 3 aromatic carbocycles. The second-order valence-corrected chi connectivity index (χ2v) is 8.86. The molecule has 0 saturated carbocycles. The number of likely N-dealkylation sites (N-methyl/N-ethyl adjacent to an activating group) is 1. The molecule has 1 aromatic heterocycles. The van der Waals surface area contributed by atoms with Crippen LogP contribution in [0.15, 0.2) is 72.8 Å². The molecule has 4 aromatic rings. The fourth-order valence-corrected chi connectivity index (χ4v) is 4.50. The smallest absolute Gasteiger partial charge is 0.287 e. The first-order valence-corrected chi connectivity index (χ1v) is 11.9. The zero-order valence-corrected chi connectivity index (χ0v) is 20.3. The maximum absolute atomic E-state index is 13.4. The minimum absolute atomic E-state index is 0.115. The van der Waals surface area contributed by atoms with Crippen LogP contribution in [0.3, 0.4) is 0 Å². The normalized spacial score (nSPS) is 12.9. The van der Waals surface area contributed by atoms with Crippen molar-refractivity contribution in [1.29, 1.82) is 0 Å². The summed E-state index contributed by atoms with van der Waals surface area (Å²) in [5.74, 6) is 1.22. The highest BCUT2D eigenvalue weighted by Crippen LogP contribution is 2.33. The average molecular weight is 485 g/mol. The molecule has 2 heterocycles. The fraction of sp³-hybridized carbons (Fsp3) is 0.250. The van der Waals surface area contributed by atoms with E-state index < -0.39 is 0 Å². The van der Waals surface area contributed by atoms with Crippen molar-refractivity contribution in [2.24, 2.45) is 7.05 Å². The van der Waals surface area contributed by atoms with Gasteiger partial charge in [0, 0.05) is 32.2 Å². The van der Waals surface area contributed by atoms with Crippen LogP contribution in [0.1, 0.15) is 33.0 Å². The molecule has 8 nitrogen and oxygen atoms in total. The van der Waals surface area contributed by atoms with Crippen LogP contribution in [0.4, 0.5) is 0 Å². The number of nitrogens with one attached hydrogen (secondary N) is 1. The summed E-state index contributed by atoms with van der Waals surface area (Å²) in [6.45, 7) is 0.559. The van der Waals surface area contributed by atoms with Gasteiger partial charge in [0.2, 0.25) is 6.79 Å². The fourth-order valence-electron chi connectivity index (χ4n) is 4.50. The van der Waals surface area contributed by atoms with Crippen LogP contribution >= 0.6 is 0 Å². The van der Waals surface area contributed by atoms with Crippen LogP contribution < -0.4 is 14.8 Å². The maximum Gasteiger partial charge on any atom is 0.287 e. The van der Waals surface area contributed by atoms with Gasteiger partial charge in [-0.15, -0.1) is 0 Å². The molecule has 2 amide bonds. The second-order valence-electron chi connectivity index (χ2n) is 8.86. The van der Waals surface area contributed by atoms with E-state index in [4.69, 9.17) is 9.47 Å². The van der Waals surface area contributed by atoms with Crippen LogP contribution in [0.25, 0.3) is 11.0 Å². The third-order valence-corrected chi connectivity index (χ3v) is 6.56. The van der Waals surface area contributed by atoms with Crippen molar-refractivity contribution >= 4 is 22.8 Å². The molecule has 36 heavy (non-hydrogen) atoms. The Morgan fingerprint density at radius 3 is 2.58 bits per heavy atom. The average Bonchev–Trinajstić information content (AvgIpc) is 3.52. The summed E-state index contributed by atoms with van der Waals surface area (Å²) in [4.78, 5) is 32.5. The lowest BCUT2D eigenvalue weighted by Gasteiger charge is -2.29. The number of aryl methyl sites for hydroxylation is 1. The van der Waals surface area contributed by atoms with Crippen LogP contribution in [-0.4, -0.2) is 52.7 Å². The quantitative estimate of drug-likeness (QED) is 0.411. The van der Waals surface area contributed by atoms with Gasteiger partial charge in [0.15, 0.2) is 17.3 Å². The van der Waals surface area contributed by atoms with Gasteiger partial charge in [0.25, 0.3) is 11.8 Å². The molecule has 5 rings (SSSR count). The Hall–Kier alpha value is -4.33. The standard InChI is InChI=1S/C28H28N4O4/c1-31(28(34)20-12-13-24-25(17-20)36-18-35-24)21(16-19-8-4-3-5-9-19)14-15-29-27(33)26-30-22-10-6-7-11-23(22)32(26)2/h3-13,17,21H,14-16,18H2,1-2H3,(H,29,33). The summed E-state index contributed by atoms with van der Waals surface area (Å²) in [5, 5.41) is 2.99. The topological polar surface area (TPSA) is 85.7 Å². The molecule has 1 atom stereocenters. The molecule has 0 radical (unpaired) electrons. The highest BCUT2D eigenvalue weighted by Gasteiger charge is 2.24. The van der Waals surface area contributed by atoms with Crippen LogP contribution in [-0.2, 0) is 13.5 Å². The largest absolute Gasteiger partial charge is 0.454 e. The van der Waals surface area contributed by atoms with Crippen LogP contribution in [0.2, 0.25) is 0 Å². The van der Waals surface area contributed by atoms with Gasteiger partial charge in [-0.3, -0.25) is 9.59 Å². The van der Waals surface area contributed by atoms with E-state index in [1.54, 1.807) is 34.7 Å². The molecule has 0 bridgehead atoms. The maximum atomic E-state index is 13.4. The molecule has 0 fully saturated rings. The summed E-state index contributed by atoms with van der Waals surface area (Å²) in [6.07, 6.45) is 1.24. The van der Waals surface area contributed by atoms with Crippen LogP contribution in [0, 0.1) is 0 Å². The monoisotopic (exact) mass is 484 g/mol. The summed E-state index contributed by atoms with van der Waals surface area (Å²) in [5.41, 5.74) is 3.33. The number of imidazole rings is 1. The van der Waals surface area contributed by atoms with Crippen LogP contribution in [0.5, 0.6) is 11.5 Å². The van der Waals surface area contributed by atoms with Gasteiger partial charge in [-0.25, -0.2) is 4.98 Å². The molecule has 0 spiro atoms. The Kier molecular flexibility index (Phi) is 6.58. The number of fused-ring (bicyclic) bond motifs is 2. The first-order chi connectivity index (χ1) is 17.5. The molecular formula is C28H28N4O4. The van der Waals surface area contributed by atoms with Crippen molar-refractivity contribution in [2.75, 3.05) is 20.4 Å². The number of aromatic nitrogens is 2. The van der Waals surface area contributed by atoms with E-state index >= 15 is 0 Å². The highest BCUT2D eigenvalue weighted by atomic mass is 16.7. The molecule has 1 aliphatic rings. The lowest BCUT2D eigenvalue weighted by Crippen LogP contribution is -2.41. The van der Waals surface area contributed by atoms with Crippen molar-refractivity contribution in [2.45, 2.75) is 18.9 Å². The lowest BCUT2D eigenvalue weighted by molar-refractivity contribution is 0.0722. The van der Waals surface area contributed by atoms with Gasteiger partial charge >= 0.3 is 0 Å². The second kappa shape index (κ2) is 10.1. The number of ether oxygens (including phenoxy) is 2. The molecule has 1 unspecified atom stereocenters. The molecular weight excluding hydrogens is 456 g/mol. The lowest BCUT2D eigenvalue weighted by atomic mass is 10.0. The minimum atomic E-state index is -0.239. The third-order valence-electron chi connectivity index (χ3n) is 6.56. The molecule has 184 valence electrons. The van der Waals surface area contributed by atoms with Crippen molar-refractivity contribution < 1.29 is 19.1 Å². The van der Waals surface area contributed by atoms with Gasteiger partial charge in [-0.2, -0.15) is 0 Å². The van der Waals surface area contributed by atoms with E-state index in [0.29, 0.717) is 42.3 Å². The number of carbonyl (C=O) groups is 2. The Morgan fingerprint density at radius 1 is 1.03 bits per heavy atom. The van der Waals surface area contributed by atoms with E-state index in [-0.39, 0.29) is 24.6 Å². The summed E-state index contributed by atoms with van der Waals surface area (Å²) in [6, 6.07) is 22.8. The van der Waals surface area contributed by atoms with Crippen molar-refractivity contribution in [3.05, 3.63) is 89.7 Å². The highest BCUT2D eigenvalue weighted by molar-refractivity contribution is 5.95. The minimum Gasteiger partial charge on any atom is -0.454 e. The predicted molar refractivity (Wildman–Crippen MR) is 136 cm³/mol. The van der Waals surface area contributed by atoms with E-state index in [2.05, 4.69) is 10.3 Å². The number of hydrogen-bond acceptors (Lipinski definition) is 5. The van der Waals surface area contributed by atoms with Gasteiger partial charge in [0.1, 0.15) is 0 Å². The number of amides is 2. The third kappa shape index (κ3) is 4.75. The Bertz CT molecular complexity index is 1400. The zero-order valence-electron chi connectivity index (χ0n) is 20.3.